The Morgan fingerprint density at radius 2 is 2.38 bits per heavy atom. The van der Waals surface area contributed by atoms with Gasteiger partial charge in [-0.2, -0.15) is 0 Å². The fourth-order valence-electron chi connectivity index (χ4n) is 0.746. The maximum atomic E-state index is 10.3. The van der Waals surface area contributed by atoms with E-state index in [1.807, 2.05) is 6.92 Å². The summed E-state index contributed by atoms with van der Waals surface area (Å²) in [7, 11) is 0. The van der Waals surface area contributed by atoms with Gasteiger partial charge < -0.3 is 5.73 Å². The quantitative estimate of drug-likeness (QED) is 0.611. The number of hydrogen-bond acceptors (Lipinski definition) is 3. The molecule has 0 atom stereocenters. The van der Waals surface area contributed by atoms with Gasteiger partial charge in [-0.05, 0) is 12.8 Å². The summed E-state index contributed by atoms with van der Waals surface area (Å²) in [6, 6.07) is 0. The Hall–Kier alpha value is -1.89. The Morgan fingerprint density at radius 1 is 1.62 bits per heavy atom. The van der Waals surface area contributed by atoms with E-state index in [1.165, 1.54) is 0 Å². The lowest BCUT2D eigenvalue weighted by Crippen LogP contribution is -2.08. The van der Waals surface area contributed by atoms with Gasteiger partial charge in [0.1, 0.15) is 5.69 Å². The third-order valence-corrected chi connectivity index (χ3v) is 1.23. The predicted molar refractivity (Wildman–Crippen MR) is 47.5 cm³/mol. The monoisotopic (exact) mass is 175 g/mol. The number of rotatable bonds is 1. The molecule has 1 heterocycles. The molecule has 0 bridgehead atoms. The molecule has 0 spiro atoms. The van der Waals surface area contributed by atoms with Gasteiger partial charge in [-0.3, -0.25) is 9.78 Å². The second-order valence-electron chi connectivity index (χ2n) is 2.49. The predicted octanol–water partition coefficient (Wildman–Crippen LogP) is 0.0119. The summed E-state index contributed by atoms with van der Waals surface area (Å²) in [4.78, 5) is 18.3. The van der Waals surface area contributed by atoms with E-state index in [1.54, 1.807) is 12.4 Å². The number of hydrogen-bond donors (Lipinski definition) is 1. The second kappa shape index (κ2) is 4.21. The van der Waals surface area contributed by atoms with E-state index < -0.39 is 5.91 Å². The second-order valence-corrected chi connectivity index (χ2v) is 2.49. The molecule has 1 amide bonds. The highest BCUT2D eigenvalue weighted by Gasteiger charge is 1.90. The van der Waals surface area contributed by atoms with Crippen molar-refractivity contribution in [1.82, 2.24) is 9.97 Å². The van der Waals surface area contributed by atoms with Crippen LogP contribution in [-0.2, 0) is 4.79 Å². The molecule has 66 valence electrons. The molecule has 0 aliphatic rings. The molecule has 0 saturated heterocycles. The Labute approximate surface area is 76.2 Å². The largest absolute Gasteiger partial charge is 0.369 e. The van der Waals surface area contributed by atoms with Crippen molar-refractivity contribution in [3.63, 3.8) is 0 Å². The zero-order valence-corrected chi connectivity index (χ0v) is 7.24. The number of primary amides is 1. The number of nitrogens with zero attached hydrogens (tertiary/aromatic N) is 2. The highest BCUT2D eigenvalue weighted by Crippen LogP contribution is 1.91. The van der Waals surface area contributed by atoms with Crippen LogP contribution in [0.5, 0.6) is 0 Å². The van der Waals surface area contributed by atoms with Crippen molar-refractivity contribution in [1.29, 1.82) is 0 Å². The maximum absolute atomic E-state index is 10.3. The number of aromatic nitrogens is 2. The Morgan fingerprint density at radius 3 is 3.00 bits per heavy atom. The SMILES string of the molecule is Cc1cncc(C#CCC(N)=O)n1. The van der Waals surface area contributed by atoms with Crippen LogP contribution < -0.4 is 5.73 Å². The van der Waals surface area contributed by atoms with E-state index >= 15 is 0 Å². The highest BCUT2D eigenvalue weighted by molar-refractivity contribution is 5.76. The van der Waals surface area contributed by atoms with E-state index in [-0.39, 0.29) is 6.42 Å². The Balaban J connectivity index is 2.72. The van der Waals surface area contributed by atoms with Gasteiger partial charge in [-0.15, -0.1) is 0 Å². The number of carbonyl (C=O) groups is 1. The highest BCUT2D eigenvalue weighted by atomic mass is 16.1. The van der Waals surface area contributed by atoms with Gasteiger partial charge in [-0.1, -0.05) is 5.92 Å². The minimum absolute atomic E-state index is 0.0512. The average molecular weight is 175 g/mol. The molecule has 1 rings (SSSR count). The molecule has 0 saturated carbocycles. The van der Waals surface area contributed by atoms with E-state index in [2.05, 4.69) is 21.8 Å². The van der Waals surface area contributed by atoms with E-state index in [0.29, 0.717) is 5.69 Å². The smallest absolute Gasteiger partial charge is 0.229 e. The lowest BCUT2D eigenvalue weighted by Gasteiger charge is -1.90. The van der Waals surface area contributed by atoms with Crippen molar-refractivity contribution < 1.29 is 4.79 Å². The third-order valence-electron chi connectivity index (χ3n) is 1.23. The van der Waals surface area contributed by atoms with Crippen LogP contribution in [0.1, 0.15) is 17.8 Å². The van der Waals surface area contributed by atoms with Gasteiger partial charge >= 0.3 is 0 Å². The molecule has 0 aliphatic carbocycles. The molecule has 0 fully saturated rings. The fourth-order valence-corrected chi connectivity index (χ4v) is 0.746. The number of aryl methyl sites for hydroxylation is 1. The molecule has 0 radical (unpaired) electrons. The van der Waals surface area contributed by atoms with Crippen LogP contribution in [0.3, 0.4) is 0 Å². The van der Waals surface area contributed by atoms with E-state index in [0.717, 1.165) is 5.69 Å². The molecule has 1 aromatic rings. The summed E-state index contributed by atoms with van der Waals surface area (Å²) >= 11 is 0. The summed E-state index contributed by atoms with van der Waals surface area (Å²) < 4.78 is 0. The molecule has 0 aliphatic heterocycles. The zero-order valence-electron chi connectivity index (χ0n) is 7.24. The molecule has 2 N–H and O–H groups in total. The standard InChI is InChI=1S/C9H9N3O/c1-7-5-11-6-8(12-7)3-2-4-9(10)13/h5-6H,4H2,1H3,(H2,10,13). The summed E-state index contributed by atoms with van der Waals surface area (Å²) in [6.45, 7) is 1.83. The normalized spacial score (nSPS) is 8.69. The average Bonchev–Trinajstić information content (AvgIpc) is 2.03. The zero-order chi connectivity index (χ0) is 9.68. The molecule has 1 aromatic heterocycles. The number of nitrogens with two attached hydrogens (primary N) is 1. The lowest BCUT2D eigenvalue weighted by atomic mass is 10.3. The van der Waals surface area contributed by atoms with Crippen LogP contribution in [0.4, 0.5) is 0 Å². The van der Waals surface area contributed by atoms with Crippen molar-refractivity contribution in [3.8, 4) is 11.8 Å². The first-order valence-electron chi connectivity index (χ1n) is 3.74. The summed E-state index contributed by atoms with van der Waals surface area (Å²) in [6.07, 6.45) is 3.23. The molecule has 4 heteroatoms. The van der Waals surface area contributed by atoms with Crippen molar-refractivity contribution in [3.05, 3.63) is 23.8 Å². The lowest BCUT2D eigenvalue weighted by molar-refractivity contribution is -0.117. The summed E-state index contributed by atoms with van der Waals surface area (Å²) in [5.41, 5.74) is 6.26. The van der Waals surface area contributed by atoms with Gasteiger partial charge in [0, 0.05) is 6.20 Å². The van der Waals surface area contributed by atoms with Crippen molar-refractivity contribution in [2.24, 2.45) is 5.73 Å². The maximum Gasteiger partial charge on any atom is 0.229 e. The first kappa shape index (κ1) is 9.20. The molecule has 4 nitrogen and oxygen atoms in total. The van der Waals surface area contributed by atoms with Gasteiger partial charge in [0.15, 0.2) is 0 Å². The first-order chi connectivity index (χ1) is 6.18. The van der Waals surface area contributed by atoms with Crippen LogP contribution in [0.2, 0.25) is 0 Å². The van der Waals surface area contributed by atoms with Gasteiger partial charge in [0.05, 0.1) is 18.3 Å². The minimum Gasteiger partial charge on any atom is -0.369 e. The van der Waals surface area contributed by atoms with Gasteiger partial charge in [0.25, 0.3) is 0 Å². The van der Waals surface area contributed by atoms with E-state index in [9.17, 15) is 4.79 Å². The molecular formula is C9H9N3O. The topological polar surface area (TPSA) is 68.9 Å². The van der Waals surface area contributed by atoms with Crippen LogP contribution in [0.25, 0.3) is 0 Å². The first-order valence-corrected chi connectivity index (χ1v) is 3.74. The number of carbonyl (C=O) groups excluding carboxylic acids is 1. The fraction of sp³-hybridized carbons (Fsp3) is 0.222. The number of amides is 1. The molecule has 0 aromatic carbocycles. The van der Waals surface area contributed by atoms with Crippen molar-refractivity contribution in [2.75, 3.05) is 0 Å². The van der Waals surface area contributed by atoms with E-state index in [4.69, 9.17) is 5.73 Å². The van der Waals surface area contributed by atoms with Crippen LogP contribution in [-0.4, -0.2) is 15.9 Å². The van der Waals surface area contributed by atoms with Crippen LogP contribution in [0.15, 0.2) is 12.4 Å². The van der Waals surface area contributed by atoms with Crippen LogP contribution in [0, 0.1) is 18.8 Å². The molecule has 0 unspecified atom stereocenters. The molecular weight excluding hydrogens is 166 g/mol. The van der Waals surface area contributed by atoms with Crippen molar-refractivity contribution in [2.45, 2.75) is 13.3 Å². The Kier molecular flexibility index (Phi) is 2.98. The summed E-state index contributed by atoms with van der Waals surface area (Å²) in [5, 5.41) is 0. The van der Waals surface area contributed by atoms with Crippen LogP contribution >= 0.6 is 0 Å². The van der Waals surface area contributed by atoms with Gasteiger partial charge in [0.2, 0.25) is 5.91 Å². The molecule has 13 heavy (non-hydrogen) atoms. The third kappa shape index (κ3) is 3.34. The van der Waals surface area contributed by atoms with Crippen molar-refractivity contribution >= 4 is 5.91 Å². The Bertz CT molecular complexity index is 376. The minimum atomic E-state index is -0.437. The van der Waals surface area contributed by atoms with Gasteiger partial charge in [-0.25, -0.2) is 4.98 Å². The summed E-state index contributed by atoms with van der Waals surface area (Å²) in [5.74, 6) is 4.86.